The van der Waals surface area contributed by atoms with Gasteiger partial charge >= 0.3 is 0 Å². The maximum Gasteiger partial charge on any atom is 0.0933 e. The van der Waals surface area contributed by atoms with E-state index < -0.39 is 0 Å². The standard InChI is InChI=1S/C6H17N2O/c1-8(2,3)5-4-7-6-9/h7,9H,4-6H2,1-3H3/q+1. The fourth-order valence-electron chi connectivity index (χ4n) is 0.494. The molecule has 56 valence electrons. The highest BCUT2D eigenvalue weighted by Crippen LogP contribution is 1.85. The van der Waals surface area contributed by atoms with Gasteiger partial charge in [0.25, 0.3) is 0 Å². The zero-order valence-electron chi connectivity index (χ0n) is 6.52. The Morgan fingerprint density at radius 3 is 2.22 bits per heavy atom. The van der Waals surface area contributed by atoms with Crippen molar-refractivity contribution in [1.29, 1.82) is 0 Å². The molecular weight excluding hydrogens is 116 g/mol. The van der Waals surface area contributed by atoms with Crippen molar-refractivity contribution < 1.29 is 9.59 Å². The summed E-state index contributed by atoms with van der Waals surface area (Å²) in [7, 11) is 6.37. The number of nitrogens with zero attached hydrogens (tertiary/aromatic N) is 1. The van der Waals surface area contributed by atoms with E-state index in [0.29, 0.717) is 0 Å². The molecule has 3 heteroatoms. The van der Waals surface area contributed by atoms with Gasteiger partial charge in [0, 0.05) is 6.54 Å². The van der Waals surface area contributed by atoms with Gasteiger partial charge in [-0.1, -0.05) is 0 Å². The van der Waals surface area contributed by atoms with E-state index in [-0.39, 0.29) is 6.73 Å². The summed E-state index contributed by atoms with van der Waals surface area (Å²) in [5.41, 5.74) is 0. The van der Waals surface area contributed by atoms with Crippen LogP contribution in [-0.2, 0) is 0 Å². The average molecular weight is 133 g/mol. The van der Waals surface area contributed by atoms with Crippen molar-refractivity contribution in [2.24, 2.45) is 0 Å². The van der Waals surface area contributed by atoms with Crippen LogP contribution in [0, 0.1) is 0 Å². The summed E-state index contributed by atoms with van der Waals surface area (Å²) in [5.74, 6) is 0. The maximum absolute atomic E-state index is 8.35. The van der Waals surface area contributed by atoms with Gasteiger partial charge in [0.15, 0.2) is 0 Å². The molecule has 3 nitrogen and oxygen atoms in total. The fraction of sp³-hybridized carbons (Fsp3) is 1.00. The number of hydrogen-bond acceptors (Lipinski definition) is 2. The minimum atomic E-state index is 0.0833. The monoisotopic (exact) mass is 133 g/mol. The van der Waals surface area contributed by atoms with Gasteiger partial charge in [0.2, 0.25) is 0 Å². The van der Waals surface area contributed by atoms with Gasteiger partial charge in [-0.15, -0.1) is 0 Å². The minimum Gasteiger partial charge on any atom is -0.381 e. The number of aliphatic hydroxyl groups is 1. The molecule has 9 heavy (non-hydrogen) atoms. The van der Waals surface area contributed by atoms with E-state index >= 15 is 0 Å². The van der Waals surface area contributed by atoms with E-state index in [9.17, 15) is 0 Å². The predicted molar refractivity (Wildman–Crippen MR) is 38.0 cm³/mol. The molecule has 0 spiro atoms. The van der Waals surface area contributed by atoms with Gasteiger partial charge in [-0.25, -0.2) is 0 Å². The largest absolute Gasteiger partial charge is 0.381 e. The molecule has 0 aromatic heterocycles. The topological polar surface area (TPSA) is 32.3 Å². The Morgan fingerprint density at radius 1 is 1.33 bits per heavy atom. The SMILES string of the molecule is C[N+](C)(C)CCNCO. The molecule has 0 fully saturated rings. The first-order valence-corrected chi connectivity index (χ1v) is 3.18. The molecule has 0 heterocycles. The summed E-state index contributed by atoms with van der Waals surface area (Å²) in [4.78, 5) is 0. The van der Waals surface area contributed by atoms with E-state index in [1.165, 1.54) is 0 Å². The quantitative estimate of drug-likeness (QED) is 0.300. The summed E-state index contributed by atoms with van der Waals surface area (Å²) in [6, 6.07) is 0. The first kappa shape index (κ1) is 8.88. The van der Waals surface area contributed by atoms with E-state index in [0.717, 1.165) is 17.6 Å². The molecular formula is C6H17N2O+. The fourth-order valence-corrected chi connectivity index (χ4v) is 0.494. The normalized spacial score (nSPS) is 12.0. The molecule has 0 aromatic carbocycles. The van der Waals surface area contributed by atoms with Crippen LogP contribution < -0.4 is 5.32 Å². The molecule has 0 bridgehead atoms. The van der Waals surface area contributed by atoms with Crippen LogP contribution in [-0.4, -0.2) is 50.6 Å². The molecule has 0 aromatic rings. The van der Waals surface area contributed by atoms with Gasteiger partial charge < -0.3 is 9.59 Å². The number of aliphatic hydroxyl groups excluding tert-OH is 1. The van der Waals surface area contributed by atoms with Crippen LogP contribution in [0.25, 0.3) is 0 Å². The molecule has 0 saturated heterocycles. The second-order valence-corrected chi connectivity index (χ2v) is 3.17. The second kappa shape index (κ2) is 3.82. The number of quaternary nitrogens is 1. The molecule has 0 unspecified atom stereocenters. The van der Waals surface area contributed by atoms with Crippen molar-refractivity contribution in [3.63, 3.8) is 0 Å². The van der Waals surface area contributed by atoms with Crippen molar-refractivity contribution in [1.82, 2.24) is 5.32 Å². The third-order valence-corrected chi connectivity index (χ3v) is 1.07. The Morgan fingerprint density at radius 2 is 1.89 bits per heavy atom. The molecule has 0 rings (SSSR count). The highest BCUT2D eigenvalue weighted by molar-refractivity contribution is 4.35. The van der Waals surface area contributed by atoms with Crippen LogP contribution >= 0.6 is 0 Å². The lowest BCUT2D eigenvalue weighted by molar-refractivity contribution is -0.869. The van der Waals surface area contributed by atoms with Gasteiger partial charge in [-0.2, -0.15) is 0 Å². The number of nitrogens with one attached hydrogen (secondary N) is 1. The third kappa shape index (κ3) is 7.88. The molecule has 0 amide bonds. The predicted octanol–water partition coefficient (Wildman–Crippen LogP) is -0.768. The van der Waals surface area contributed by atoms with E-state index in [1.807, 2.05) is 0 Å². The van der Waals surface area contributed by atoms with Crippen LogP contribution in [0.2, 0.25) is 0 Å². The molecule has 0 atom stereocenters. The Hall–Kier alpha value is -0.120. The Kier molecular flexibility index (Phi) is 3.77. The van der Waals surface area contributed by atoms with E-state index in [1.54, 1.807) is 0 Å². The lowest BCUT2D eigenvalue weighted by Gasteiger charge is -2.23. The van der Waals surface area contributed by atoms with Crippen molar-refractivity contribution in [2.45, 2.75) is 0 Å². The first-order chi connectivity index (χ1) is 4.06. The second-order valence-electron chi connectivity index (χ2n) is 3.17. The summed E-state index contributed by atoms with van der Waals surface area (Å²) in [6.45, 7) is 2.00. The summed E-state index contributed by atoms with van der Waals surface area (Å²) in [6.07, 6.45) is 0. The van der Waals surface area contributed by atoms with Crippen LogP contribution in [0.4, 0.5) is 0 Å². The Labute approximate surface area is 56.9 Å². The van der Waals surface area contributed by atoms with Crippen molar-refractivity contribution in [3.8, 4) is 0 Å². The van der Waals surface area contributed by atoms with Crippen molar-refractivity contribution in [3.05, 3.63) is 0 Å². The maximum atomic E-state index is 8.35. The molecule has 0 saturated carbocycles. The molecule has 0 aliphatic carbocycles. The minimum absolute atomic E-state index is 0.0833. The van der Waals surface area contributed by atoms with Crippen LogP contribution in [0.5, 0.6) is 0 Å². The summed E-state index contributed by atoms with van der Waals surface area (Å²) < 4.78 is 0.938. The van der Waals surface area contributed by atoms with Gasteiger partial charge in [-0.05, 0) is 0 Å². The summed E-state index contributed by atoms with van der Waals surface area (Å²) >= 11 is 0. The zero-order chi connectivity index (χ0) is 7.33. The number of hydrogen-bond donors (Lipinski definition) is 2. The van der Waals surface area contributed by atoms with Crippen LogP contribution in [0.3, 0.4) is 0 Å². The highest BCUT2D eigenvalue weighted by Gasteiger charge is 2.03. The highest BCUT2D eigenvalue weighted by atomic mass is 16.3. The smallest absolute Gasteiger partial charge is 0.0933 e. The first-order valence-electron chi connectivity index (χ1n) is 3.18. The lowest BCUT2D eigenvalue weighted by Crippen LogP contribution is -2.40. The molecule has 0 aliphatic rings. The third-order valence-electron chi connectivity index (χ3n) is 1.07. The zero-order valence-corrected chi connectivity index (χ0v) is 6.52. The van der Waals surface area contributed by atoms with Gasteiger partial charge in [-0.3, -0.25) is 5.32 Å². The Balaban J connectivity index is 3.07. The lowest BCUT2D eigenvalue weighted by atomic mass is 10.5. The van der Waals surface area contributed by atoms with Gasteiger partial charge in [0.05, 0.1) is 34.4 Å². The number of rotatable bonds is 4. The average Bonchev–Trinajstić information content (AvgIpc) is 1.63. The van der Waals surface area contributed by atoms with Crippen molar-refractivity contribution >= 4 is 0 Å². The van der Waals surface area contributed by atoms with Crippen LogP contribution in [0.15, 0.2) is 0 Å². The van der Waals surface area contributed by atoms with Crippen LogP contribution in [0.1, 0.15) is 0 Å². The molecule has 2 N–H and O–H groups in total. The Bertz CT molecular complexity index is 67.9. The summed E-state index contributed by atoms with van der Waals surface area (Å²) in [5, 5.41) is 11.2. The van der Waals surface area contributed by atoms with E-state index in [4.69, 9.17) is 5.11 Å². The van der Waals surface area contributed by atoms with E-state index in [2.05, 4.69) is 26.5 Å². The molecule has 0 aliphatic heterocycles. The molecule has 0 radical (unpaired) electrons. The van der Waals surface area contributed by atoms with Gasteiger partial charge in [0.1, 0.15) is 0 Å². The van der Waals surface area contributed by atoms with Crippen molar-refractivity contribution in [2.75, 3.05) is 41.0 Å². The number of likely N-dealkylation sites (N-methyl/N-ethyl adjacent to an activating group) is 1.